The molecule has 0 spiro atoms. The molecule has 1 aromatic rings. The SMILES string of the molecule is CCOC(=O)/C=C/Cn1cnc(C)c1C. The van der Waals surface area contributed by atoms with Crippen LogP contribution >= 0.6 is 0 Å². The zero-order valence-electron chi connectivity index (χ0n) is 9.36. The molecular weight excluding hydrogens is 192 g/mol. The quantitative estimate of drug-likeness (QED) is 0.558. The van der Waals surface area contributed by atoms with Crippen molar-refractivity contribution in [2.45, 2.75) is 27.3 Å². The molecule has 4 nitrogen and oxygen atoms in total. The number of ether oxygens (including phenoxy) is 1. The fourth-order valence-corrected chi connectivity index (χ4v) is 1.18. The average Bonchev–Trinajstić information content (AvgIpc) is 2.50. The first-order valence-electron chi connectivity index (χ1n) is 4.96. The molecule has 4 heteroatoms. The molecule has 82 valence electrons. The lowest BCUT2D eigenvalue weighted by Gasteiger charge is -2.00. The summed E-state index contributed by atoms with van der Waals surface area (Å²) in [5.74, 6) is -0.299. The van der Waals surface area contributed by atoms with E-state index in [1.165, 1.54) is 6.08 Å². The Labute approximate surface area is 89.6 Å². The number of rotatable bonds is 4. The third kappa shape index (κ3) is 3.23. The summed E-state index contributed by atoms with van der Waals surface area (Å²) in [7, 11) is 0. The van der Waals surface area contributed by atoms with Crippen molar-refractivity contribution in [2.75, 3.05) is 6.61 Å². The Morgan fingerprint density at radius 2 is 2.33 bits per heavy atom. The fourth-order valence-electron chi connectivity index (χ4n) is 1.18. The van der Waals surface area contributed by atoms with Crippen molar-refractivity contribution in [3.63, 3.8) is 0 Å². The molecule has 15 heavy (non-hydrogen) atoms. The summed E-state index contributed by atoms with van der Waals surface area (Å²) < 4.78 is 6.74. The Morgan fingerprint density at radius 1 is 1.60 bits per heavy atom. The van der Waals surface area contributed by atoms with Crippen LogP contribution in [0.3, 0.4) is 0 Å². The number of carbonyl (C=O) groups is 1. The van der Waals surface area contributed by atoms with Gasteiger partial charge in [0.25, 0.3) is 0 Å². The Kier molecular flexibility index (Phi) is 4.09. The van der Waals surface area contributed by atoms with Crippen LogP contribution in [0.2, 0.25) is 0 Å². The van der Waals surface area contributed by atoms with E-state index in [-0.39, 0.29) is 5.97 Å². The van der Waals surface area contributed by atoms with Gasteiger partial charge in [0.2, 0.25) is 0 Å². The molecule has 0 saturated carbocycles. The highest BCUT2D eigenvalue weighted by molar-refractivity contribution is 5.81. The van der Waals surface area contributed by atoms with Gasteiger partial charge < -0.3 is 9.30 Å². The maximum absolute atomic E-state index is 11.0. The van der Waals surface area contributed by atoms with Crippen LogP contribution in [0.1, 0.15) is 18.3 Å². The highest BCUT2D eigenvalue weighted by Crippen LogP contribution is 2.03. The zero-order chi connectivity index (χ0) is 11.3. The fraction of sp³-hybridized carbons (Fsp3) is 0.455. The van der Waals surface area contributed by atoms with Gasteiger partial charge in [-0.2, -0.15) is 0 Å². The summed E-state index contributed by atoms with van der Waals surface area (Å²) >= 11 is 0. The van der Waals surface area contributed by atoms with Crippen molar-refractivity contribution in [1.82, 2.24) is 9.55 Å². The van der Waals surface area contributed by atoms with Crippen LogP contribution < -0.4 is 0 Å². The molecule has 0 aromatic carbocycles. The van der Waals surface area contributed by atoms with Crippen LogP contribution in [0.4, 0.5) is 0 Å². The molecular formula is C11H16N2O2. The smallest absolute Gasteiger partial charge is 0.330 e. The van der Waals surface area contributed by atoms with E-state index in [0.717, 1.165) is 11.4 Å². The van der Waals surface area contributed by atoms with Crippen LogP contribution in [0.25, 0.3) is 0 Å². The second-order valence-electron chi connectivity index (χ2n) is 3.22. The average molecular weight is 208 g/mol. The van der Waals surface area contributed by atoms with Crippen molar-refractivity contribution >= 4 is 5.97 Å². The molecule has 1 aromatic heterocycles. The van der Waals surface area contributed by atoms with Gasteiger partial charge in [-0.15, -0.1) is 0 Å². The van der Waals surface area contributed by atoms with Crippen LogP contribution in [0.5, 0.6) is 0 Å². The van der Waals surface area contributed by atoms with Gasteiger partial charge in [-0.05, 0) is 20.8 Å². The molecule has 0 saturated heterocycles. The Bertz CT molecular complexity index is 367. The number of imidazole rings is 1. The maximum atomic E-state index is 11.0. The van der Waals surface area contributed by atoms with E-state index in [1.807, 2.05) is 18.4 Å². The topological polar surface area (TPSA) is 44.1 Å². The number of aryl methyl sites for hydroxylation is 1. The first kappa shape index (κ1) is 11.5. The van der Waals surface area contributed by atoms with Gasteiger partial charge in [-0.1, -0.05) is 6.08 Å². The summed E-state index contributed by atoms with van der Waals surface area (Å²) in [4.78, 5) is 15.2. The largest absolute Gasteiger partial charge is 0.463 e. The Balaban J connectivity index is 2.50. The molecule has 0 atom stereocenters. The number of esters is 1. The molecule has 0 bridgehead atoms. The second kappa shape index (κ2) is 5.34. The normalized spacial score (nSPS) is 10.9. The minimum Gasteiger partial charge on any atom is -0.463 e. The molecule has 0 amide bonds. The summed E-state index contributed by atoms with van der Waals surface area (Å²) in [6.07, 6.45) is 4.98. The van der Waals surface area contributed by atoms with Crippen LogP contribution in [0.15, 0.2) is 18.5 Å². The van der Waals surface area contributed by atoms with Crippen LogP contribution in [0, 0.1) is 13.8 Å². The van der Waals surface area contributed by atoms with E-state index in [0.29, 0.717) is 13.2 Å². The van der Waals surface area contributed by atoms with Crippen molar-refractivity contribution < 1.29 is 9.53 Å². The van der Waals surface area contributed by atoms with Gasteiger partial charge in [-0.3, -0.25) is 0 Å². The van der Waals surface area contributed by atoms with Crippen LogP contribution in [-0.2, 0) is 16.1 Å². The molecule has 0 fully saturated rings. The first-order chi connectivity index (χ1) is 7.15. The predicted molar refractivity (Wildman–Crippen MR) is 57.5 cm³/mol. The second-order valence-corrected chi connectivity index (χ2v) is 3.22. The molecule has 0 radical (unpaired) electrons. The van der Waals surface area contributed by atoms with E-state index in [1.54, 1.807) is 19.3 Å². The Hall–Kier alpha value is -1.58. The van der Waals surface area contributed by atoms with E-state index in [9.17, 15) is 4.79 Å². The van der Waals surface area contributed by atoms with Crippen molar-refractivity contribution in [1.29, 1.82) is 0 Å². The van der Waals surface area contributed by atoms with Crippen LogP contribution in [-0.4, -0.2) is 22.1 Å². The van der Waals surface area contributed by atoms with E-state index in [4.69, 9.17) is 4.74 Å². The maximum Gasteiger partial charge on any atom is 0.330 e. The number of nitrogens with zero attached hydrogens (tertiary/aromatic N) is 2. The van der Waals surface area contributed by atoms with Gasteiger partial charge >= 0.3 is 5.97 Å². The molecule has 0 aliphatic heterocycles. The lowest BCUT2D eigenvalue weighted by molar-refractivity contribution is -0.137. The van der Waals surface area contributed by atoms with E-state index >= 15 is 0 Å². The number of aromatic nitrogens is 2. The van der Waals surface area contributed by atoms with Gasteiger partial charge in [-0.25, -0.2) is 9.78 Å². The monoisotopic (exact) mass is 208 g/mol. The lowest BCUT2D eigenvalue weighted by atomic mass is 10.4. The summed E-state index contributed by atoms with van der Waals surface area (Å²) in [6, 6.07) is 0. The number of hydrogen-bond acceptors (Lipinski definition) is 3. The number of carbonyl (C=O) groups excluding carboxylic acids is 1. The zero-order valence-corrected chi connectivity index (χ0v) is 9.36. The summed E-state index contributed by atoms with van der Waals surface area (Å²) in [5.41, 5.74) is 2.13. The predicted octanol–water partition coefficient (Wildman–Crippen LogP) is 1.62. The van der Waals surface area contributed by atoms with Crippen molar-refractivity contribution in [3.8, 4) is 0 Å². The molecule has 0 unspecified atom stereocenters. The molecule has 1 rings (SSSR count). The summed E-state index contributed by atoms with van der Waals surface area (Å²) in [6.45, 7) is 6.80. The third-order valence-corrected chi connectivity index (χ3v) is 2.19. The number of allylic oxidation sites excluding steroid dienone is 1. The highest BCUT2D eigenvalue weighted by atomic mass is 16.5. The van der Waals surface area contributed by atoms with Gasteiger partial charge in [0.15, 0.2) is 0 Å². The van der Waals surface area contributed by atoms with Gasteiger partial charge in [0.05, 0.1) is 18.6 Å². The number of hydrogen-bond donors (Lipinski definition) is 0. The molecule has 1 heterocycles. The third-order valence-electron chi connectivity index (χ3n) is 2.19. The molecule has 0 aliphatic rings. The Morgan fingerprint density at radius 3 is 2.87 bits per heavy atom. The summed E-state index contributed by atoms with van der Waals surface area (Å²) in [5, 5.41) is 0. The first-order valence-corrected chi connectivity index (χ1v) is 4.96. The van der Waals surface area contributed by atoms with Gasteiger partial charge in [0.1, 0.15) is 0 Å². The minimum atomic E-state index is -0.299. The highest BCUT2D eigenvalue weighted by Gasteiger charge is 1.99. The van der Waals surface area contributed by atoms with Crippen molar-refractivity contribution in [3.05, 3.63) is 29.9 Å². The van der Waals surface area contributed by atoms with Crippen molar-refractivity contribution in [2.24, 2.45) is 0 Å². The minimum absolute atomic E-state index is 0.299. The lowest BCUT2D eigenvalue weighted by Crippen LogP contribution is -2.01. The van der Waals surface area contributed by atoms with E-state index in [2.05, 4.69) is 4.98 Å². The molecule has 0 aliphatic carbocycles. The van der Waals surface area contributed by atoms with E-state index < -0.39 is 0 Å². The van der Waals surface area contributed by atoms with Gasteiger partial charge in [0, 0.05) is 18.3 Å². The molecule has 0 N–H and O–H groups in total. The standard InChI is InChI=1S/C11H16N2O2/c1-4-15-11(14)6-5-7-13-8-12-9(2)10(13)3/h5-6,8H,4,7H2,1-3H3/b6-5+.